The summed E-state index contributed by atoms with van der Waals surface area (Å²) in [6.45, 7) is 1.39. The number of rotatable bonds is 4. The Bertz CT molecular complexity index is 875. The number of hydrogen-bond donors (Lipinski definition) is 1. The predicted octanol–water partition coefficient (Wildman–Crippen LogP) is 2.04. The number of nitrogens with zero attached hydrogens (tertiary/aromatic N) is 2. The van der Waals surface area contributed by atoms with Gasteiger partial charge in [-0.05, 0) is 24.1 Å². The van der Waals surface area contributed by atoms with Crippen molar-refractivity contribution < 1.29 is 13.5 Å². The molecule has 0 unspecified atom stereocenters. The van der Waals surface area contributed by atoms with Crippen LogP contribution in [0.3, 0.4) is 0 Å². The molecule has 0 spiro atoms. The van der Waals surface area contributed by atoms with Gasteiger partial charge in [0.05, 0.1) is 23.6 Å². The summed E-state index contributed by atoms with van der Waals surface area (Å²) in [6.07, 6.45) is 0. The molecule has 5 nitrogen and oxygen atoms in total. The van der Waals surface area contributed by atoms with Gasteiger partial charge < -0.3 is 5.11 Å². The van der Waals surface area contributed by atoms with E-state index in [2.05, 4.69) is 6.07 Å². The van der Waals surface area contributed by atoms with E-state index in [-0.39, 0.29) is 17.4 Å². The Morgan fingerprint density at radius 2 is 1.75 bits per heavy atom. The topological polar surface area (TPSA) is 81.4 Å². The smallest absolute Gasteiger partial charge is 0.244 e. The number of aliphatic hydroxyl groups is 1. The van der Waals surface area contributed by atoms with E-state index < -0.39 is 22.1 Å². The fourth-order valence-corrected chi connectivity index (χ4v) is 5.31. The molecule has 0 radical (unpaired) electrons. The van der Waals surface area contributed by atoms with Crippen LogP contribution in [0.5, 0.6) is 0 Å². The molecule has 0 amide bonds. The molecular formula is C18H18N2O3S. The Morgan fingerprint density at radius 1 is 1.12 bits per heavy atom. The maximum Gasteiger partial charge on any atom is 0.244 e. The fraction of sp³-hybridized carbons (Fsp3) is 0.278. The van der Waals surface area contributed by atoms with Crippen molar-refractivity contribution in [2.24, 2.45) is 0 Å². The first-order valence-electron chi connectivity index (χ1n) is 7.67. The van der Waals surface area contributed by atoms with Gasteiger partial charge in [-0.2, -0.15) is 9.57 Å². The van der Waals surface area contributed by atoms with E-state index in [4.69, 9.17) is 0 Å². The summed E-state index contributed by atoms with van der Waals surface area (Å²) in [5.74, 6) is -0.333. The van der Waals surface area contributed by atoms with Gasteiger partial charge in [-0.15, -0.1) is 0 Å². The van der Waals surface area contributed by atoms with Crippen molar-refractivity contribution in [3.8, 4) is 6.07 Å². The van der Waals surface area contributed by atoms with Crippen molar-refractivity contribution in [2.75, 3.05) is 6.61 Å². The highest BCUT2D eigenvalue weighted by Crippen LogP contribution is 2.44. The molecule has 1 saturated heterocycles. The van der Waals surface area contributed by atoms with Crippen LogP contribution in [0.25, 0.3) is 0 Å². The van der Waals surface area contributed by atoms with Crippen LogP contribution >= 0.6 is 0 Å². The lowest BCUT2D eigenvalue weighted by molar-refractivity contribution is 0.0556. The van der Waals surface area contributed by atoms with Gasteiger partial charge in [0, 0.05) is 5.92 Å². The van der Waals surface area contributed by atoms with E-state index in [0.29, 0.717) is 5.56 Å². The SMILES string of the molecule is Cc1ccccc1S(=O)(=O)N1[C@@H](C#N)[C@H](c2ccccc2)[C@@H]1CO. The largest absolute Gasteiger partial charge is 0.395 e. The molecule has 0 saturated carbocycles. The van der Waals surface area contributed by atoms with Crippen LogP contribution in [0.4, 0.5) is 0 Å². The minimum absolute atomic E-state index is 0.176. The van der Waals surface area contributed by atoms with E-state index in [1.54, 1.807) is 25.1 Å². The molecule has 2 aromatic carbocycles. The number of aliphatic hydroxyl groups excluding tert-OH is 1. The van der Waals surface area contributed by atoms with Gasteiger partial charge in [-0.3, -0.25) is 0 Å². The van der Waals surface area contributed by atoms with E-state index >= 15 is 0 Å². The van der Waals surface area contributed by atoms with Crippen molar-refractivity contribution in [1.29, 1.82) is 5.26 Å². The summed E-state index contributed by atoms with van der Waals surface area (Å²) >= 11 is 0. The number of nitriles is 1. The van der Waals surface area contributed by atoms with Crippen LogP contribution in [0, 0.1) is 18.3 Å². The Hall–Kier alpha value is -2.20. The Labute approximate surface area is 141 Å². The molecule has 1 heterocycles. The first-order chi connectivity index (χ1) is 11.5. The summed E-state index contributed by atoms with van der Waals surface area (Å²) in [4.78, 5) is 0.176. The summed E-state index contributed by atoms with van der Waals surface area (Å²) < 4.78 is 27.2. The first-order valence-corrected chi connectivity index (χ1v) is 9.11. The van der Waals surface area contributed by atoms with Crippen molar-refractivity contribution in [3.63, 3.8) is 0 Å². The number of sulfonamides is 1. The monoisotopic (exact) mass is 342 g/mol. The third-order valence-electron chi connectivity index (χ3n) is 4.51. The van der Waals surface area contributed by atoms with Crippen molar-refractivity contribution in [3.05, 3.63) is 65.7 Å². The molecule has 3 rings (SSSR count). The summed E-state index contributed by atoms with van der Waals surface area (Å²) in [5.41, 5.74) is 1.48. The molecule has 0 aromatic heterocycles. The van der Waals surface area contributed by atoms with Crippen LogP contribution in [-0.2, 0) is 10.0 Å². The van der Waals surface area contributed by atoms with E-state index in [0.717, 1.165) is 9.87 Å². The second-order valence-corrected chi connectivity index (χ2v) is 7.67. The molecule has 1 aliphatic heterocycles. The third-order valence-corrected chi connectivity index (χ3v) is 6.58. The molecule has 3 atom stereocenters. The molecule has 1 fully saturated rings. The fourth-order valence-electron chi connectivity index (χ4n) is 3.33. The van der Waals surface area contributed by atoms with Crippen LogP contribution < -0.4 is 0 Å². The molecule has 1 aliphatic rings. The predicted molar refractivity (Wildman–Crippen MR) is 89.7 cm³/mol. The molecule has 0 aliphatic carbocycles. The molecule has 1 N–H and O–H groups in total. The van der Waals surface area contributed by atoms with Gasteiger partial charge in [0.25, 0.3) is 0 Å². The summed E-state index contributed by atoms with van der Waals surface area (Å²) in [6, 6.07) is 16.6. The number of benzene rings is 2. The minimum atomic E-state index is -3.85. The van der Waals surface area contributed by atoms with Gasteiger partial charge in [0.2, 0.25) is 10.0 Å². The normalized spacial score (nSPS) is 24.1. The Balaban J connectivity index is 2.03. The lowest BCUT2D eigenvalue weighted by Gasteiger charge is -2.50. The molecule has 6 heteroatoms. The standard InChI is InChI=1S/C18H18N2O3S/c1-13-7-5-6-10-17(13)24(22,23)20-15(11-19)18(16(20)12-21)14-8-3-2-4-9-14/h2-10,15-16,18,21H,12H2,1H3/t15-,16-,18-/m0/s1. The van der Waals surface area contributed by atoms with Crippen LogP contribution in [0.2, 0.25) is 0 Å². The second kappa shape index (κ2) is 6.36. The highest BCUT2D eigenvalue weighted by Gasteiger charge is 2.55. The van der Waals surface area contributed by atoms with E-state index in [1.807, 2.05) is 30.3 Å². The molecular weight excluding hydrogens is 324 g/mol. The quantitative estimate of drug-likeness (QED) is 0.922. The number of aryl methyl sites for hydroxylation is 1. The van der Waals surface area contributed by atoms with Crippen LogP contribution in [0.1, 0.15) is 17.0 Å². The van der Waals surface area contributed by atoms with Gasteiger partial charge in [-0.25, -0.2) is 8.42 Å². The van der Waals surface area contributed by atoms with Crippen molar-refractivity contribution >= 4 is 10.0 Å². The van der Waals surface area contributed by atoms with Crippen LogP contribution in [-0.4, -0.2) is 36.5 Å². The maximum atomic E-state index is 13.0. The lowest BCUT2D eigenvalue weighted by atomic mass is 9.78. The maximum absolute atomic E-state index is 13.0. The third kappa shape index (κ3) is 2.51. The minimum Gasteiger partial charge on any atom is -0.395 e. The molecule has 2 aromatic rings. The van der Waals surface area contributed by atoms with E-state index in [1.165, 1.54) is 6.07 Å². The van der Waals surface area contributed by atoms with Gasteiger partial charge in [0.15, 0.2) is 0 Å². The van der Waals surface area contributed by atoms with Crippen molar-refractivity contribution in [2.45, 2.75) is 29.8 Å². The summed E-state index contributed by atoms with van der Waals surface area (Å²) in [7, 11) is -3.85. The highest BCUT2D eigenvalue weighted by atomic mass is 32.2. The Morgan fingerprint density at radius 3 is 2.33 bits per heavy atom. The zero-order valence-electron chi connectivity index (χ0n) is 13.2. The zero-order valence-corrected chi connectivity index (χ0v) is 14.0. The molecule has 0 bridgehead atoms. The zero-order chi connectivity index (χ0) is 17.3. The van der Waals surface area contributed by atoms with Gasteiger partial charge in [-0.1, -0.05) is 48.5 Å². The van der Waals surface area contributed by atoms with E-state index in [9.17, 15) is 18.8 Å². The van der Waals surface area contributed by atoms with Gasteiger partial charge >= 0.3 is 0 Å². The Kier molecular flexibility index (Phi) is 4.41. The summed E-state index contributed by atoms with van der Waals surface area (Å²) in [5, 5.41) is 19.3. The average molecular weight is 342 g/mol. The van der Waals surface area contributed by atoms with Gasteiger partial charge in [0.1, 0.15) is 6.04 Å². The van der Waals surface area contributed by atoms with Crippen LogP contribution in [0.15, 0.2) is 59.5 Å². The highest BCUT2D eigenvalue weighted by molar-refractivity contribution is 7.89. The second-order valence-electron chi connectivity index (χ2n) is 5.86. The molecule has 24 heavy (non-hydrogen) atoms. The molecule has 124 valence electrons. The lowest BCUT2D eigenvalue weighted by Crippen LogP contribution is -2.65. The first kappa shape index (κ1) is 16.7. The average Bonchev–Trinajstić information content (AvgIpc) is 2.55. The van der Waals surface area contributed by atoms with Crippen molar-refractivity contribution in [1.82, 2.24) is 4.31 Å². The number of hydrogen-bond acceptors (Lipinski definition) is 4.